The van der Waals surface area contributed by atoms with Gasteiger partial charge in [0.1, 0.15) is 0 Å². The first-order valence-corrected chi connectivity index (χ1v) is 10.3. The third-order valence-corrected chi connectivity index (χ3v) is 6.19. The van der Waals surface area contributed by atoms with Gasteiger partial charge in [-0.3, -0.25) is 9.59 Å². The average molecular weight is 415 g/mol. The van der Waals surface area contributed by atoms with Crippen LogP contribution in [0.25, 0.3) is 10.4 Å². The lowest BCUT2D eigenvalue weighted by molar-refractivity contribution is 0.0667. The number of furan rings is 1. The Labute approximate surface area is 171 Å². The first-order valence-electron chi connectivity index (χ1n) is 9.09. The smallest absolute Gasteiger partial charge is 0.289 e. The normalized spacial score (nSPS) is 14.8. The Bertz CT molecular complexity index is 958. The second kappa shape index (κ2) is 8.20. The Morgan fingerprint density at radius 3 is 2.50 bits per heavy atom. The molecule has 1 aliphatic rings. The summed E-state index contributed by atoms with van der Waals surface area (Å²) in [6.45, 7) is 1.20. The Morgan fingerprint density at radius 1 is 1.07 bits per heavy atom. The van der Waals surface area contributed by atoms with E-state index >= 15 is 0 Å². The van der Waals surface area contributed by atoms with E-state index in [-0.39, 0.29) is 17.9 Å². The number of halogens is 1. The van der Waals surface area contributed by atoms with E-state index in [2.05, 4.69) is 5.32 Å². The molecule has 3 heterocycles. The van der Waals surface area contributed by atoms with E-state index in [0.717, 1.165) is 23.3 Å². The van der Waals surface area contributed by atoms with E-state index in [1.165, 1.54) is 17.6 Å². The highest BCUT2D eigenvalue weighted by Crippen LogP contribution is 2.29. The first-order chi connectivity index (χ1) is 13.6. The van der Waals surface area contributed by atoms with Crippen LogP contribution in [0.3, 0.4) is 0 Å². The predicted octanol–water partition coefficient (Wildman–Crippen LogP) is 4.70. The largest absolute Gasteiger partial charge is 0.459 e. The summed E-state index contributed by atoms with van der Waals surface area (Å²) in [5.74, 6) is 0.192. The van der Waals surface area contributed by atoms with Gasteiger partial charge in [-0.1, -0.05) is 23.7 Å². The molecule has 0 unspecified atom stereocenters. The number of piperidine rings is 1. The molecule has 1 saturated heterocycles. The van der Waals surface area contributed by atoms with Crippen LogP contribution in [0.4, 0.5) is 0 Å². The molecule has 1 fully saturated rings. The first kappa shape index (κ1) is 18.8. The van der Waals surface area contributed by atoms with E-state index in [1.54, 1.807) is 17.0 Å². The van der Waals surface area contributed by atoms with Gasteiger partial charge in [0.15, 0.2) is 5.76 Å². The number of nitrogens with one attached hydrogen (secondary N) is 1. The number of carbonyl (C=O) groups excluding carboxylic acids is 2. The zero-order valence-electron chi connectivity index (χ0n) is 15.1. The molecule has 5 nitrogen and oxygen atoms in total. The number of rotatable bonds is 4. The van der Waals surface area contributed by atoms with Gasteiger partial charge in [-0.15, -0.1) is 11.3 Å². The van der Waals surface area contributed by atoms with E-state index in [4.69, 9.17) is 16.0 Å². The van der Waals surface area contributed by atoms with Crippen LogP contribution in [-0.2, 0) is 0 Å². The van der Waals surface area contributed by atoms with Crippen LogP contribution in [0.1, 0.15) is 33.1 Å². The fourth-order valence-corrected chi connectivity index (χ4v) is 4.31. The maximum atomic E-state index is 12.6. The number of nitrogens with zero attached hydrogens (tertiary/aromatic N) is 1. The van der Waals surface area contributed by atoms with Crippen LogP contribution in [0.5, 0.6) is 0 Å². The fourth-order valence-electron chi connectivity index (χ4n) is 3.27. The molecule has 0 atom stereocenters. The van der Waals surface area contributed by atoms with Crippen molar-refractivity contribution in [1.82, 2.24) is 10.2 Å². The molecule has 2 amide bonds. The van der Waals surface area contributed by atoms with Gasteiger partial charge < -0.3 is 14.6 Å². The molecule has 3 aromatic rings. The van der Waals surface area contributed by atoms with E-state index in [1.807, 2.05) is 36.4 Å². The highest BCUT2D eigenvalue weighted by molar-refractivity contribution is 7.17. The molecule has 4 rings (SSSR count). The van der Waals surface area contributed by atoms with Gasteiger partial charge in [0.05, 0.1) is 11.1 Å². The molecule has 7 heteroatoms. The van der Waals surface area contributed by atoms with Gasteiger partial charge in [0.25, 0.3) is 11.8 Å². The molecule has 1 aromatic carbocycles. The van der Waals surface area contributed by atoms with Gasteiger partial charge in [-0.2, -0.15) is 0 Å². The van der Waals surface area contributed by atoms with Crippen LogP contribution in [0, 0.1) is 0 Å². The third kappa shape index (κ3) is 4.13. The van der Waals surface area contributed by atoms with Crippen molar-refractivity contribution >= 4 is 34.8 Å². The van der Waals surface area contributed by atoms with Crippen molar-refractivity contribution in [3.63, 3.8) is 0 Å². The van der Waals surface area contributed by atoms with Crippen LogP contribution >= 0.6 is 22.9 Å². The number of likely N-dealkylation sites (tertiary alicyclic amines) is 1. The quantitative estimate of drug-likeness (QED) is 0.673. The summed E-state index contributed by atoms with van der Waals surface area (Å²) in [4.78, 5) is 28.4. The minimum Gasteiger partial charge on any atom is -0.459 e. The second-order valence-electron chi connectivity index (χ2n) is 6.69. The average Bonchev–Trinajstić information content (AvgIpc) is 3.41. The third-order valence-electron chi connectivity index (χ3n) is 4.81. The molecule has 1 N–H and O–H groups in total. The maximum absolute atomic E-state index is 12.6. The Morgan fingerprint density at radius 2 is 1.82 bits per heavy atom. The van der Waals surface area contributed by atoms with Crippen molar-refractivity contribution in [2.24, 2.45) is 0 Å². The number of amides is 2. The lowest BCUT2D eigenvalue weighted by Gasteiger charge is -2.31. The van der Waals surface area contributed by atoms with Crippen LogP contribution < -0.4 is 5.32 Å². The summed E-state index contributed by atoms with van der Waals surface area (Å²) >= 11 is 7.39. The summed E-state index contributed by atoms with van der Waals surface area (Å²) in [5.41, 5.74) is 1.04. The zero-order chi connectivity index (χ0) is 19.5. The monoisotopic (exact) mass is 414 g/mol. The van der Waals surface area contributed by atoms with Crippen LogP contribution in [0.2, 0.25) is 5.02 Å². The van der Waals surface area contributed by atoms with Crippen LogP contribution in [-0.4, -0.2) is 35.8 Å². The Hall–Kier alpha value is -2.57. The number of hydrogen-bond acceptors (Lipinski definition) is 4. The number of carbonyl (C=O) groups is 2. The number of hydrogen-bond donors (Lipinski definition) is 1. The fraction of sp³-hybridized carbons (Fsp3) is 0.238. The molecule has 0 saturated carbocycles. The summed E-state index contributed by atoms with van der Waals surface area (Å²) in [6.07, 6.45) is 2.96. The van der Waals surface area contributed by atoms with Gasteiger partial charge >= 0.3 is 0 Å². The minimum absolute atomic E-state index is 0.0641. The predicted molar refractivity (Wildman–Crippen MR) is 110 cm³/mol. The molecular weight excluding hydrogens is 396 g/mol. The van der Waals surface area contributed by atoms with Gasteiger partial charge in [0, 0.05) is 29.0 Å². The Balaban J connectivity index is 1.32. The van der Waals surface area contributed by atoms with Crippen molar-refractivity contribution in [3.8, 4) is 10.4 Å². The highest BCUT2D eigenvalue weighted by Gasteiger charge is 2.26. The van der Waals surface area contributed by atoms with Gasteiger partial charge in [0.2, 0.25) is 0 Å². The van der Waals surface area contributed by atoms with Gasteiger partial charge in [-0.05, 0) is 54.8 Å². The number of benzene rings is 1. The molecule has 0 radical (unpaired) electrons. The molecule has 2 aromatic heterocycles. The summed E-state index contributed by atoms with van der Waals surface area (Å²) in [6, 6.07) is 14.8. The highest BCUT2D eigenvalue weighted by atomic mass is 35.5. The number of thiophene rings is 1. The molecule has 28 heavy (non-hydrogen) atoms. The molecular formula is C21H19ClN2O3S. The van der Waals surface area contributed by atoms with E-state index < -0.39 is 0 Å². The van der Waals surface area contributed by atoms with E-state index in [0.29, 0.717) is 28.7 Å². The second-order valence-corrected chi connectivity index (χ2v) is 8.21. The summed E-state index contributed by atoms with van der Waals surface area (Å²) < 4.78 is 5.18. The molecule has 0 spiro atoms. The van der Waals surface area contributed by atoms with Crippen molar-refractivity contribution < 1.29 is 14.0 Å². The Kier molecular flexibility index (Phi) is 5.50. The summed E-state index contributed by atoms with van der Waals surface area (Å²) in [5, 5.41) is 3.78. The zero-order valence-corrected chi connectivity index (χ0v) is 16.6. The molecule has 1 aliphatic heterocycles. The van der Waals surface area contributed by atoms with Crippen LogP contribution in [0.15, 0.2) is 59.2 Å². The molecule has 0 bridgehead atoms. The summed E-state index contributed by atoms with van der Waals surface area (Å²) in [7, 11) is 0. The van der Waals surface area contributed by atoms with Crippen molar-refractivity contribution in [1.29, 1.82) is 0 Å². The topological polar surface area (TPSA) is 62.6 Å². The van der Waals surface area contributed by atoms with E-state index in [9.17, 15) is 9.59 Å². The SMILES string of the molecule is O=C(NC1CCN(C(=O)c2ccco2)CC1)c1ccc(-c2ccc(Cl)cc2)s1. The van der Waals surface area contributed by atoms with Crippen molar-refractivity contribution in [2.45, 2.75) is 18.9 Å². The molecule has 0 aliphatic carbocycles. The standard InChI is InChI=1S/C21H19ClN2O3S/c22-15-5-3-14(4-6-15)18-7-8-19(28-18)20(25)23-16-9-11-24(12-10-16)21(26)17-2-1-13-27-17/h1-8,13,16H,9-12H2,(H,23,25). The van der Waals surface area contributed by atoms with Gasteiger partial charge in [-0.25, -0.2) is 0 Å². The molecule has 144 valence electrons. The van der Waals surface area contributed by atoms with Crippen molar-refractivity contribution in [3.05, 3.63) is 70.5 Å². The van der Waals surface area contributed by atoms with Crippen molar-refractivity contribution in [2.75, 3.05) is 13.1 Å². The maximum Gasteiger partial charge on any atom is 0.289 e. The lowest BCUT2D eigenvalue weighted by Crippen LogP contribution is -2.46. The minimum atomic E-state index is -0.0966. The lowest BCUT2D eigenvalue weighted by atomic mass is 10.0.